The van der Waals surface area contributed by atoms with Crippen molar-refractivity contribution < 1.29 is 4.74 Å². The normalized spacial score (nSPS) is 10.9. The summed E-state index contributed by atoms with van der Waals surface area (Å²) < 4.78 is 5.29. The van der Waals surface area contributed by atoms with Gasteiger partial charge in [-0.05, 0) is 31.8 Å². The first kappa shape index (κ1) is 14.3. The Hall–Kier alpha value is -0.770. The lowest BCUT2D eigenvalue weighted by Gasteiger charge is -2.15. The third-order valence-corrected chi connectivity index (χ3v) is 3.00. The van der Waals surface area contributed by atoms with Gasteiger partial charge < -0.3 is 15.0 Å². The maximum atomic E-state index is 5.97. The molecule has 0 aliphatic rings. The lowest BCUT2D eigenvalue weighted by Crippen LogP contribution is -2.28. The van der Waals surface area contributed by atoms with Crippen LogP contribution in [-0.2, 0) is 6.54 Å². The first-order valence-corrected chi connectivity index (χ1v) is 6.26. The molecule has 0 aliphatic heterocycles. The van der Waals surface area contributed by atoms with Crippen LogP contribution in [0, 0.1) is 0 Å². The van der Waals surface area contributed by atoms with Crippen molar-refractivity contribution in [1.29, 1.82) is 0 Å². The summed E-state index contributed by atoms with van der Waals surface area (Å²) in [6, 6.07) is 5.68. The summed E-state index contributed by atoms with van der Waals surface area (Å²) >= 11 is 5.97. The van der Waals surface area contributed by atoms with Crippen molar-refractivity contribution in [3.05, 3.63) is 28.8 Å². The largest absolute Gasteiger partial charge is 0.496 e. The van der Waals surface area contributed by atoms with Gasteiger partial charge in [-0.3, -0.25) is 0 Å². The van der Waals surface area contributed by atoms with Gasteiger partial charge in [-0.1, -0.05) is 18.5 Å². The van der Waals surface area contributed by atoms with E-state index in [4.69, 9.17) is 16.3 Å². The number of hydrogen-bond acceptors (Lipinski definition) is 3. The molecular weight excluding hydrogens is 236 g/mol. The van der Waals surface area contributed by atoms with Crippen molar-refractivity contribution in [3.63, 3.8) is 0 Å². The molecule has 3 nitrogen and oxygen atoms in total. The molecule has 0 bridgehead atoms. The quantitative estimate of drug-likeness (QED) is 0.759. The summed E-state index contributed by atoms with van der Waals surface area (Å²) in [5.41, 5.74) is 1.10. The van der Waals surface area contributed by atoms with Crippen LogP contribution < -0.4 is 10.1 Å². The molecule has 96 valence electrons. The molecule has 17 heavy (non-hydrogen) atoms. The first-order valence-electron chi connectivity index (χ1n) is 5.89. The van der Waals surface area contributed by atoms with Gasteiger partial charge in [-0.15, -0.1) is 0 Å². The van der Waals surface area contributed by atoms with E-state index in [9.17, 15) is 0 Å². The minimum Gasteiger partial charge on any atom is -0.496 e. The van der Waals surface area contributed by atoms with E-state index in [-0.39, 0.29) is 0 Å². The van der Waals surface area contributed by atoms with E-state index < -0.39 is 0 Å². The Morgan fingerprint density at radius 3 is 2.82 bits per heavy atom. The minimum atomic E-state index is 0.744. The van der Waals surface area contributed by atoms with Crippen LogP contribution in [0.25, 0.3) is 0 Å². The molecule has 0 aliphatic carbocycles. The molecule has 1 rings (SSSR count). The van der Waals surface area contributed by atoms with Crippen molar-refractivity contribution >= 4 is 11.6 Å². The number of nitrogens with one attached hydrogen (secondary N) is 1. The smallest absolute Gasteiger partial charge is 0.123 e. The molecule has 4 heteroatoms. The number of ether oxygens (including phenoxy) is 1. The zero-order chi connectivity index (χ0) is 12.7. The van der Waals surface area contributed by atoms with Gasteiger partial charge in [0.15, 0.2) is 0 Å². The van der Waals surface area contributed by atoms with Crippen LogP contribution in [-0.4, -0.2) is 38.7 Å². The lowest BCUT2D eigenvalue weighted by atomic mass is 10.2. The van der Waals surface area contributed by atoms with Crippen molar-refractivity contribution in [2.24, 2.45) is 0 Å². The minimum absolute atomic E-state index is 0.744. The zero-order valence-corrected chi connectivity index (χ0v) is 11.5. The molecule has 0 heterocycles. The maximum absolute atomic E-state index is 5.97. The van der Waals surface area contributed by atoms with Crippen LogP contribution in [0.15, 0.2) is 18.2 Å². The summed E-state index contributed by atoms with van der Waals surface area (Å²) in [5.74, 6) is 0.880. The molecule has 1 aromatic rings. The average molecular weight is 257 g/mol. The molecule has 0 radical (unpaired) electrons. The summed E-state index contributed by atoms with van der Waals surface area (Å²) in [7, 11) is 3.79. The fourth-order valence-corrected chi connectivity index (χ4v) is 1.73. The summed E-state index contributed by atoms with van der Waals surface area (Å²) in [5, 5.41) is 4.13. The first-order chi connectivity index (χ1) is 8.17. The number of likely N-dealkylation sites (N-methyl/N-ethyl adjacent to an activating group) is 1. The number of methoxy groups -OCH3 is 1. The molecule has 0 spiro atoms. The molecular formula is C13H21ClN2O. The monoisotopic (exact) mass is 256 g/mol. The molecule has 0 saturated heterocycles. The van der Waals surface area contributed by atoms with Gasteiger partial charge >= 0.3 is 0 Å². The van der Waals surface area contributed by atoms with Crippen molar-refractivity contribution in [1.82, 2.24) is 10.2 Å². The van der Waals surface area contributed by atoms with Crippen molar-refractivity contribution in [2.45, 2.75) is 13.5 Å². The van der Waals surface area contributed by atoms with E-state index in [0.717, 1.165) is 42.5 Å². The standard InChI is InChI=1S/C13H21ClN2O/c1-4-16(2)8-7-15-10-11-9-12(14)5-6-13(11)17-3/h5-6,9,15H,4,7-8,10H2,1-3H3. The van der Waals surface area contributed by atoms with Crippen LogP contribution in [0.2, 0.25) is 5.02 Å². The Morgan fingerprint density at radius 1 is 1.41 bits per heavy atom. The predicted molar refractivity (Wildman–Crippen MR) is 72.9 cm³/mol. The van der Waals surface area contributed by atoms with Crippen LogP contribution in [0.4, 0.5) is 0 Å². The second-order valence-corrected chi connectivity index (χ2v) is 4.47. The van der Waals surface area contributed by atoms with E-state index in [2.05, 4.69) is 24.2 Å². The number of halogens is 1. The molecule has 1 aromatic carbocycles. The predicted octanol–water partition coefficient (Wildman–Crippen LogP) is 2.39. The van der Waals surface area contributed by atoms with Gasteiger partial charge in [0, 0.05) is 30.2 Å². The number of rotatable bonds is 7. The Labute approximate surface area is 109 Å². The van der Waals surface area contributed by atoms with Gasteiger partial charge in [0.25, 0.3) is 0 Å². The Bertz CT molecular complexity index is 344. The highest BCUT2D eigenvalue weighted by atomic mass is 35.5. The van der Waals surface area contributed by atoms with Gasteiger partial charge in [0.1, 0.15) is 5.75 Å². The molecule has 0 saturated carbocycles. The molecule has 0 unspecified atom stereocenters. The highest BCUT2D eigenvalue weighted by Gasteiger charge is 2.03. The third-order valence-electron chi connectivity index (χ3n) is 2.77. The Balaban J connectivity index is 2.42. The zero-order valence-electron chi connectivity index (χ0n) is 10.8. The average Bonchev–Trinajstić information content (AvgIpc) is 2.34. The molecule has 0 amide bonds. The van der Waals surface area contributed by atoms with E-state index >= 15 is 0 Å². The van der Waals surface area contributed by atoms with Gasteiger partial charge in [-0.2, -0.15) is 0 Å². The second kappa shape index (κ2) is 7.54. The van der Waals surface area contributed by atoms with Crippen LogP contribution >= 0.6 is 11.6 Å². The fourth-order valence-electron chi connectivity index (χ4n) is 1.54. The Kier molecular flexibility index (Phi) is 6.34. The summed E-state index contributed by atoms with van der Waals surface area (Å²) in [6.07, 6.45) is 0. The van der Waals surface area contributed by atoms with Gasteiger partial charge in [0.05, 0.1) is 7.11 Å². The van der Waals surface area contributed by atoms with Crippen LogP contribution in [0.3, 0.4) is 0 Å². The number of hydrogen-bond donors (Lipinski definition) is 1. The number of nitrogens with zero attached hydrogens (tertiary/aromatic N) is 1. The summed E-state index contributed by atoms with van der Waals surface area (Å²) in [4.78, 5) is 2.27. The van der Waals surface area contributed by atoms with Gasteiger partial charge in [-0.25, -0.2) is 0 Å². The van der Waals surface area contributed by atoms with E-state index in [0.29, 0.717) is 0 Å². The van der Waals surface area contributed by atoms with E-state index in [1.54, 1.807) is 7.11 Å². The van der Waals surface area contributed by atoms with Gasteiger partial charge in [0.2, 0.25) is 0 Å². The van der Waals surface area contributed by atoms with Crippen molar-refractivity contribution in [3.8, 4) is 5.75 Å². The highest BCUT2D eigenvalue weighted by Crippen LogP contribution is 2.22. The van der Waals surface area contributed by atoms with Crippen LogP contribution in [0.5, 0.6) is 5.75 Å². The molecule has 0 aromatic heterocycles. The SMILES string of the molecule is CCN(C)CCNCc1cc(Cl)ccc1OC. The lowest BCUT2D eigenvalue weighted by molar-refractivity contribution is 0.347. The molecule has 0 fully saturated rings. The fraction of sp³-hybridized carbons (Fsp3) is 0.538. The Morgan fingerprint density at radius 2 is 2.18 bits per heavy atom. The summed E-state index contributed by atoms with van der Waals surface area (Å²) in [6.45, 7) is 6.00. The van der Waals surface area contributed by atoms with E-state index in [1.807, 2.05) is 18.2 Å². The maximum Gasteiger partial charge on any atom is 0.123 e. The third kappa shape index (κ3) is 4.94. The van der Waals surface area contributed by atoms with Crippen molar-refractivity contribution in [2.75, 3.05) is 33.8 Å². The number of benzene rings is 1. The topological polar surface area (TPSA) is 24.5 Å². The highest BCUT2D eigenvalue weighted by molar-refractivity contribution is 6.30. The molecule has 1 N–H and O–H groups in total. The van der Waals surface area contributed by atoms with E-state index in [1.165, 1.54) is 0 Å². The second-order valence-electron chi connectivity index (χ2n) is 4.03. The molecule has 0 atom stereocenters. The van der Waals surface area contributed by atoms with Crippen LogP contribution in [0.1, 0.15) is 12.5 Å².